The van der Waals surface area contributed by atoms with Gasteiger partial charge in [-0.05, 0) is 57.4 Å². The van der Waals surface area contributed by atoms with Crippen molar-refractivity contribution in [2.45, 2.75) is 211 Å². The molecule has 48 heavy (non-hydrogen) atoms. The molecule has 0 aliphatic rings. The zero-order valence-electron chi connectivity index (χ0n) is 31.7. The van der Waals surface area contributed by atoms with Crippen LogP contribution in [-0.2, 0) is 4.74 Å². The van der Waals surface area contributed by atoms with Gasteiger partial charge in [-0.1, -0.05) is 167 Å². The third-order valence-corrected chi connectivity index (χ3v) is 9.32. The molecule has 0 saturated heterocycles. The van der Waals surface area contributed by atoms with E-state index in [0.717, 1.165) is 89.9 Å². The lowest BCUT2D eigenvalue weighted by atomic mass is 9.76. The molecule has 6 nitrogen and oxygen atoms in total. The summed E-state index contributed by atoms with van der Waals surface area (Å²) in [5.41, 5.74) is -4.51. The van der Waals surface area contributed by atoms with E-state index >= 15 is 0 Å². The van der Waals surface area contributed by atoms with E-state index in [1.807, 2.05) is 12.2 Å². The Morgan fingerprint density at radius 2 is 0.854 bits per heavy atom. The zero-order valence-corrected chi connectivity index (χ0v) is 31.7. The van der Waals surface area contributed by atoms with E-state index in [-0.39, 0.29) is 6.61 Å². The van der Waals surface area contributed by atoms with E-state index in [4.69, 9.17) is 4.74 Å². The topological polar surface area (TPSA) is 110 Å². The van der Waals surface area contributed by atoms with Crippen LogP contribution in [0.25, 0.3) is 0 Å². The minimum Gasteiger partial charge on any atom is -0.499 e. The molecule has 0 bridgehead atoms. The minimum atomic E-state index is -2.27. The van der Waals surface area contributed by atoms with Crippen LogP contribution in [0.4, 0.5) is 0 Å². The van der Waals surface area contributed by atoms with E-state index in [1.54, 1.807) is 12.2 Å². The summed E-state index contributed by atoms with van der Waals surface area (Å²) in [5, 5.41) is 58.4. The van der Waals surface area contributed by atoms with Gasteiger partial charge >= 0.3 is 0 Å². The molecule has 0 aromatic heterocycles. The molecule has 5 N–H and O–H groups in total. The molecule has 5 atom stereocenters. The molecule has 282 valence electrons. The van der Waals surface area contributed by atoms with Crippen LogP contribution in [0.5, 0.6) is 0 Å². The van der Waals surface area contributed by atoms with Crippen molar-refractivity contribution in [3.63, 3.8) is 0 Å². The summed E-state index contributed by atoms with van der Waals surface area (Å²) in [6.45, 7) is 8.45. The number of unbranched alkanes of at least 4 members (excludes halogenated alkanes) is 20. The molecule has 6 heteroatoms. The Morgan fingerprint density at radius 3 is 1.29 bits per heavy atom. The van der Waals surface area contributed by atoms with Crippen LogP contribution in [0.15, 0.2) is 48.8 Å². The van der Waals surface area contributed by atoms with Gasteiger partial charge in [0.1, 0.15) is 36.1 Å². The molecule has 0 fully saturated rings. The van der Waals surface area contributed by atoms with Crippen molar-refractivity contribution in [1.29, 1.82) is 0 Å². The lowest BCUT2D eigenvalue weighted by Crippen LogP contribution is -2.64. The molecule has 0 amide bonds. The van der Waals surface area contributed by atoms with E-state index in [0.29, 0.717) is 12.8 Å². The molecule has 0 aliphatic carbocycles. The van der Waals surface area contributed by atoms with Gasteiger partial charge in [0, 0.05) is 0 Å². The second-order valence-electron chi connectivity index (χ2n) is 13.9. The van der Waals surface area contributed by atoms with Gasteiger partial charge < -0.3 is 30.3 Å². The molecule has 0 aromatic rings. The highest BCUT2D eigenvalue weighted by atomic mass is 16.5. The summed E-state index contributed by atoms with van der Waals surface area (Å²) in [7, 11) is 0. The zero-order chi connectivity index (χ0) is 35.8. The van der Waals surface area contributed by atoms with Crippen molar-refractivity contribution >= 4 is 0 Å². The first kappa shape index (κ1) is 46.6. The molecule has 0 aromatic carbocycles. The second kappa shape index (κ2) is 31.5. The maximum atomic E-state index is 12.0. The normalized spacial score (nSPS) is 17.0. The van der Waals surface area contributed by atoms with Gasteiger partial charge in [-0.2, -0.15) is 0 Å². The van der Waals surface area contributed by atoms with Gasteiger partial charge in [-0.3, -0.25) is 0 Å². The Balaban J connectivity index is 5.95. The van der Waals surface area contributed by atoms with Gasteiger partial charge in [-0.25, -0.2) is 0 Å². The van der Waals surface area contributed by atoms with Crippen LogP contribution in [0.2, 0.25) is 0 Å². The summed E-state index contributed by atoms with van der Waals surface area (Å²) < 4.78 is 5.62. The molecule has 0 heterocycles. The molecular weight excluding hydrogens is 600 g/mol. The predicted molar refractivity (Wildman–Crippen MR) is 204 cm³/mol. The average Bonchev–Trinajstić information content (AvgIpc) is 3.08. The molecule has 0 aliphatic heterocycles. The summed E-state index contributed by atoms with van der Waals surface area (Å²) in [6.07, 6.45) is 33.6. The standard InChI is InChI=1S/C42H78O6/c1-5-9-13-17-21-25-29-33-38(43)41(46,34-30-26-22-18-14-10-6-2)40(45)42(47,35-31-27-23-19-15-11-7-3)39(44)37-48-36-32-28-24-20-16-12-8-4/h29-36,38-40,43-47H,5-28,37H2,1-4H3. The van der Waals surface area contributed by atoms with E-state index in [9.17, 15) is 25.5 Å². The van der Waals surface area contributed by atoms with Crippen molar-refractivity contribution in [1.82, 2.24) is 0 Å². The number of aliphatic hydroxyl groups is 5. The number of rotatable bonds is 34. The molecule has 0 rings (SSSR count). The summed E-state index contributed by atoms with van der Waals surface area (Å²) in [6, 6.07) is 0. The fourth-order valence-electron chi connectivity index (χ4n) is 5.91. The lowest BCUT2D eigenvalue weighted by Gasteiger charge is -2.43. The maximum absolute atomic E-state index is 12.0. The fraction of sp³-hybridized carbons (Fsp3) is 0.810. The molecule has 0 saturated carbocycles. The van der Waals surface area contributed by atoms with Gasteiger partial charge in [0.25, 0.3) is 0 Å². The Bertz CT molecular complexity index is 823. The van der Waals surface area contributed by atoms with Crippen molar-refractivity contribution in [3.8, 4) is 0 Å². The number of aliphatic hydroxyl groups excluding tert-OH is 3. The van der Waals surface area contributed by atoms with Crippen LogP contribution in [0, 0.1) is 0 Å². The van der Waals surface area contributed by atoms with Crippen LogP contribution < -0.4 is 0 Å². The average molecular weight is 679 g/mol. The Hall–Kier alpha value is -1.44. The molecule has 5 unspecified atom stereocenters. The third kappa shape index (κ3) is 21.6. The number of hydrogen-bond acceptors (Lipinski definition) is 6. The van der Waals surface area contributed by atoms with E-state index in [2.05, 4.69) is 27.7 Å². The Kier molecular flexibility index (Phi) is 30.6. The lowest BCUT2D eigenvalue weighted by molar-refractivity contribution is -0.198. The fourth-order valence-corrected chi connectivity index (χ4v) is 5.91. The van der Waals surface area contributed by atoms with Crippen LogP contribution in [-0.4, -0.2) is 61.7 Å². The first-order chi connectivity index (χ1) is 23.2. The number of hydrogen-bond donors (Lipinski definition) is 5. The summed E-state index contributed by atoms with van der Waals surface area (Å²) in [5.74, 6) is 0. The Labute approximate surface area is 296 Å². The minimum absolute atomic E-state index is 0.276. The summed E-state index contributed by atoms with van der Waals surface area (Å²) >= 11 is 0. The predicted octanol–water partition coefficient (Wildman–Crippen LogP) is 10.2. The van der Waals surface area contributed by atoms with E-state index in [1.165, 1.54) is 75.9 Å². The van der Waals surface area contributed by atoms with Crippen molar-refractivity contribution < 1.29 is 30.3 Å². The van der Waals surface area contributed by atoms with Crippen molar-refractivity contribution in [2.75, 3.05) is 6.61 Å². The van der Waals surface area contributed by atoms with Crippen LogP contribution in [0.1, 0.15) is 182 Å². The van der Waals surface area contributed by atoms with Gasteiger partial charge in [0.2, 0.25) is 0 Å². The van der Waals surface area contributed by atoms with Gasteiger partial charge in [-0.15, -0.1) is 0 Å². The first-order valence-electron chi connectivity index (χ1n) is 20.0. The molecular formula is C42H78O6. The number of ether oxygens (including phenoxy) is 1. The number of allylic oxidation sites excluding steroid dienone is 4. The SMILES string of the molecule is CCCCCCCC=COCC(O)C(O)(C=CCCCCCCC)C(O)C(O)(C=CCCCCCCC)C(O)C=CCCCCCCC. The monoisotopic (exact) mass is 679 g/mol. The highest BCUT2D eigenvalue weighted by molar-refractivity contribution is 5.23. The van der Waals surface area contributed by atoms with E-state index < -0.39 is 29.5 Å². The van der Waals surface area contributed by atoms with Crippen molar-refractivity contribution in [3.05, 3.63) is 48.8 Å². The maximum Gasteiger partial charge on any atom is 0.141 e. The first-order valence-corrected chi connectivity index (χ1v) is 20.0. The van der Waals surface area contributed by atoms with Crippen molar-refractivity contribution in [2.24, 2.45) is 0 Å². The highest BCUT2D eigenvalue weighted by Crippen LogP contribution is 2.32. The molecule has 0 spiro atoms. The molecule has 0 radical (unpaired) electrons. The van der Waals surface area contributed by atoms with Crippen LogP contribution in [0.3, 0.4) is 0 Å². The van der Waals surface area contributed by atoms with Crippen LogP contribution >= 0.6 is 0 Å². The quantitative estimate of drug-likeness (QED) is 0.0263. The van der Waals surface area contributed by atoms with Gasteiger partial charge in [0.05, 0.1) is 6.26 Å². The third-order valence-electron chi connectivity index (χ3n) is 9.32. The largest absolute Gasteiger partial charge is 0.499 e. The smallest absolute Gasteiger partial charge is 0.141 e. The highest BCUT2D eigenvalue weighted by Gasteiger charge is 2.53. The summed E-state index contributed by atoms with van der Waals surface area (Å²) in [4.78, 5) is 0. The van der Waals surface area contributed by atoms with Gasteiger partial charge in [0.15, 0.2) is 0 Å². The second-order valence-corrected chi connectivity index (χ2v) is 13.9. The Morgan fingerprint density at radius 1 is 0.479 bits per heavy atom.